The molecule has 1 atom stereocenters. The van der Waals surface area contributed by atoms with Crippen LogP contribution in [0, 0.1) is 0 Å². The molecule has 0 saturated carbocycles. The van der Waals surface area contributed by atoms with Crippen LogP contribution in [0.3, 0.4) is 0 Å². The van der Waals surface area contributed by atoms with Gasteiger partial charge in [-0.2, -0.15) is 0 Å². The van der Waals surface area contributed by atoms with E-state index in [0.29, 0.717) is 6.42 Å². The minimum absolute atomic E-state index is 0.211. The van der Waals surface area contributed by atoms with E-state index in [1.54, 1.807) is 0 Å². The first-order chi connectivity index (χ1) is 9.22. The van der Waals surface area contributed by atoms with Crippen LogP contribution in [-0.2, 0) is 0 Å². The lowest BCUT2D eigenvalue weighted by Gasteiger charge is -2.16. The number of carbonyl (C=O) groups excluding carboxylic acids is 1. The minimum Gasteiger partial charge on any atom is -0.294 e. The normalized spacial score (nSPS) is 12.1. The van der Waals surface area contributed by atoms with Crippen LogP contribution < -0.4 is 0 Å². The molecule has 0 aliphatic carbocycles. The lowest BCUT2D eigenvalue weighted by Crippen LogP contribution is -2.07. The summed E-state index contributed by atoms with van der Waals surface area (Å²) in [5.74, 6) is 0.478. The number of hydrogen-bond donors (Lipinski definition) is 0. The number of hydrogen-bond acceptors (Lipinski definition) is 1. The number of carbonyl (C=O) groups is 1. The summed E-state index contributed by atoms with van der Waals surface area (Å²) in [6.45, 7) is 2.13. The molecule has 0 aliphatic rings. The highest BCUT2D eigenvalue weighted by molar-refractivity contribution is 9.10. The van der Waals surface area contributed by atoms with Crippen LogP contribution in [0.1, 0.15) is 41.6 Å². The first-order valence-corrected chi connectivity index (χ1v) is 7.34. The van der Waals surface area contributed by atoms with Gasteiger partial charge < -0.3 is 0 Å². The average molecular weight is 317 g/mol. The predicted octanol–water partition coefficient (Wildman–Crippen LogP) is 5.22. The maximum atomic E-state index is 12.3. The number of rotatable bonds is 5. The zero-order valence-electron chi connectivity index (χ0n) is 11.0. The first-order valence-electron chi connectivity index (χ1n) is 6.55. The van der Waals surface area contributed by atoms with Crippen molar-refractivity contribution in [3.63, 3.8) is 0 Å². The van der Waals surface area contributed by atoms with Crippen molar-refractivity contribution in [1.29, 1.82) is 0 Å². The van der Waals surface area contributed by atoms with Crippen molar-refractivity contribution in [2.24, 2.45) is 0 Å². The van der Waals surface area contributed by atoms with Gasteiger partial charge in [0.05, 0.1) is 0 Å². The third kappa shape index (κ3) is 3.54. The van der Waals surface area contributed by atoms with E-state index in [4.69, 9.17) is 0 Å². The molecular formula is C17H17BrO. The van der Waals surface area contributed by atoms with Gasteiger partial charge in [-0.1, -0.05) is 71.4 Å². The summed E-state index contributed by atoms with van der Waals surface area (Å²) in [7, 11) is 0. The second-order valence-electron chi connectivity index (χ2n) is 4.62. The zero-order valence-corrected chi connectivity index (χ0v) is 12.6. The Kier molecular flexibility index (Phi) is 4.92. The molecule has 98 valence electrons. The van der Waals surface area contributed by atoms with E-state index in [0.717, 1.165) is 16.5 Å². The number of ketones is 1. The second-order valence-corrected chi connectivity index (χ2v) is 5.47. The Hall–Kier alpha value is -1.41. The molecule has 0 unspecified atom stereocenters. The molecule has 0 bridgehead atoms. The highest BCUT2D eigenvalue weighted by Crippen LogP contribution is 2.30. The van der Waals surface area contributed by atoms with E-state index in [2.05, 4.69) is 28.9 Å². The Morgan fingerprint density at radius 1 is 1.05 bits per heavy atom. The van der Waals surface area contributed by atoms with E-state index in [1.807, 2.05) is 48.5 Å². The van der Waals surface area contributed by atoms with Gasteiger partial charge in [-0.05, 0) is 24.0 Å². The van der Waals surface area contributed by atoms with Crippen LogP contribution in [0.5, 0.6) is 0 Å². The Bertz CT molecular complexity index is 548. The number of benzene rings is 2. The van der Waals surface area contributed by atoms with Crippen LogP contribution in [-0.4, -0.2) is 5.78 Å². The first kappa shape index (κ1) is 14.0. The van der Waals surface area contributed by atoms with E-state index in [-0.39, 0.29) is 11.7 Å². The van der Waals surface area contributed by atoms with Crippen LogP contribution in [0.2, 0.25) is 0 Å². The summed E-state index contributed by atoms with van der Waals surface area (Å²) < 4.78 is 1.09. The number of Topliss-reactive ketones (excluding diaryl/α,β-unsaturated/α-hetero) is 1. The molecule has 0 spiro atoms. The van der Waals surface area contributed by atoms with E-state index < -0.39 is 0 Å². The highest BCUT2D eigenvalue weighted by Gasteiger charge is 2.17. The molecule has 0 aliphatic heterocycles. The summed E-state index contributed by atoms with van der Waals surface area (Å²) in [4.78, 5) is 12.3. The van der Waals surface area contributed by atoms with E-state index >= 15 is 0 Å². The van der Waals surface area contributed by atoms with Crippen molar-refractivity contribution in [3.8, 4) is 0 Å². The van der Waals surface area contributed by atoms with Gasteiger partial charge in [-0.25, -0.2) is 0 Å². The SMILES string of the molecule is CC[C@H](CC(=O)c1ccccc1)c1ccccc1Br. The maximum Gasteiger partial charge on any atom is 0.163 e. The summed E-state index contributed by atoms with van der Waals surface area (Å²) in [5.41, 5.74) is 2.02. The Balaban J connectivity index is 2.17. The third-order valence-electron chi connectivity index (χ3n) is 3.37. The van der Waals surface area contributed by atoms with Crippen molar-refractivity contribution in [1.82, 2.24) is 0 Å². The Labute approximate surface area is 122 Å². The fraction of sp³-hybridized carbons (Fsp3) is 0.235. The van der Waals surface area contributed by atoms with Gasteiger partial charge >= 0.3 is 0 Å². The molecule has 2 aromatic carbocycles. The summed E-state index contributed by atoms with van der Waals surface area (Å²) in [5, 5.41) is 0. The topological polar surface area (TPSA) is 17.1 Å². The van der Waals surface area contributed by atoms with Gasteiger partial charge in [0.2, 0.25) is 0 Å². The molecule has 2 rings (SSSR count). The quantitative estimate of drug-likeness (QED) is 0.691. The largest absolute Gasteiger partial charge is 0.294 e. The molecule has 0 heterocycles. The van der Waals surface area contributed by atoms with Crippen molar-refractivity contribution in [2.75, 3.05) is 0 Å². The van der Waals surface area contributed by atoms with Gasteiger partial charge in [0, 0.05) is 16.5 Å². The standard InChI is InChI=1S/C17H17BrO/c1-2-13(15-10-6-7-11-16(15)18)12-17(19)14-8-4-3-5-9-14/h3-11,13H,2,12H2,1H3/t13-/m1/s1. The van der Waals surface area contributed by atoms with Crippen LogP contribution in [0.25, 0.3) is 0 Å². The zero-order chi connectivity index (χ0) is 13.7. The molecule has 0 saturated heterocycles. The van der Waals surface area contributed by atoms with Crippen molar-refractivity contribution in [2.45, 2.75) is 25.7 Å². The fourth-order valence-corrected chi connectivity index (χ4v) is 2.85. The van der Waals surface area contributed by atoms with Crippen LogP contribution >= 0.6 is 15.9 Å². The van der Waals surface area contributed by atoms with Crippen molar-refractivity contribution < 1.29 is 4.79 Å². The van der Waals surface area contributed by atoms with E-state index in [9.17, 15) is 4.79 Å². The summed E-state index contributed by atoms with van der Waals surface area (Å²) in [6, 6.07) is 17.7. The molecule has 1 nitrogen and oxygen atoms in total. The third-order valence-corrected chi connectivity index (χ3v) is 4.09. The molecule has 0 N–H and O–H groups in total. The van der Waals surface area contributed by atoms with Crippen LogP contribution in [0.4, 0.5) is 0 Å². The molecule has 2 heteroatoms. The Morgan fingerprint density at radius 2 is 1.68 bits per heavy atom. The fourth-order valence-electron chi connectivity index (χ4n) is 2.25. The maximum absolute atomic E-state index is 12.3. The van der Waals surface area contributed by atoms with Gasteiger partial charge in [-0.15, -0.1) is 0 Å². The van der Waals surface area contributed by atoms with Gasteiger partial charge in [-0.3, -0.25) is 4.79 Å². The second kappa shape index (κ2) is 6.67. The molecule has 0 aromatic heterocycles. The Morgan fingerprint density at radius 3 is 2.32 bits per heavy atom. The minimum atomic E-state index is 0.211. The lowest BCUT2D eigenvalue weighted by molar-refractivity contribution is 0.0973. The number of halogens is 1. The van der Waals surface area contributed by atoms with Crippen molar-refractivity contribution in [3.05, 3.63) is 70.2 Å². The monoisotopic (exact) mass is 316 g/mol. The molecule has 2 aromatic rings. The predicted molar refractivity (Wildman–Crippen MR) is 82.6 cm³/mol. The lowest BCUT2D eigenvalue weighted by atomic mass is 9.89. The van der Waals surface area contributed by atoms with Crippen LogP contribution in [0.15, 0.2) is 59.1 Å². The molecule has 0 fully saturated rings. The highest BCUT2D eigenvalue weighted by atomic mass is 79.9. The van der Waals surface area contributed by atoms with E-state index in [1.165, 1.54) is 5.56 Å². The molecule has 19 heavy (non-hydrogen) atoms. The molecule has 0 amide bonds. The smallest absolute Gasteiger partial charge is 0.163 e. The van der Waals surface area contributed by atoms with Gasteiger partial charge in [0.15, 0.2) is 5.78 Å². The summed E-state index contributed by atoms with van der Waals surface area (Å²) in [6.07, 6.45) is 1.52. The van der Waals surface area contributed by atoms with Crippen molar-refractivity contribution >= 4 is 21.7 Å². The van der Waals surface area contributed by atoms with Gasteiger partial charge in [0.25, 0.3) is 0 Å². The van der Waals surface area contributed by atoms with Gasteiger partial charge in [0.1, 0.15) is 0 Å². The molecular weight excluding hydrogens is 300 g/mol. The molecule has 0 radical (unpaired) electrons. The summed E-state index contributed by atoms with van der Waals surface area (Å²) >= 11 is 3.57. The average Bonchev–Trinajstić information content (AvgIpc) is 2.46.